The maximum Gasteiger partial charge on any atom is 0.416 e. The zero-order chi connectivity index (χ0) is 26.0. The van der Waals surface area contributed by atoms with Crippen molar-refractivity contribution in [2.75, 3.05) is 6.54 Å². The molecular formula is C26H29ClF3N5O. The molecule has 10 heteroatoms. The number of aromatic nitrogens is 3. The summed E-state index contributed by atoms with van der Waals surface area (Å²) in [4.78, 5) is 19.6. The number of aryl methyl sites for hydroxylation is 2. The Balaban J connectivity index is 1.53. The third-order valence-corrected chi connectivity index (χ3v) is 6.93. The molecule has 1 aromatic heterocycles. The largest absolute Gasteiger partial charge is 0.416 e. The van der Waals surface area contributed by atoms with Crippen LogP contribution in [0.4, 0.5) is 18.0 Å². The summed E-state index contributed by atoms with van der Waals surface area (Å²) in [5.41, 5.74) is 2.08. The monoisotopic (exact) mass is 519 g/mol. The minimum absolute atomic E-state index is 0.243. The second kappa shape index (κ2) is 10.5. The first-order valence-corrected chi connectivity index (χ1v) is 12.3. The summed E-state index contributed by atoms with van der Waals surface area (Å²) >= 11 is 5.99. The van der Waals surface area contributed by atoms with Crippen LogP contribution in [-0.4, -0.2) is 32.2 Å². The minimum Gasteiger partial charge on any atom is -0.331 e. The molecule has 1 aliphatic heterocycles. The third-order valence-electron chi connectivity index (χ3n) is 6.68. The van der Waals surface area contributed by atoms with E-state index in [1.54, 1.807) is 23.4 Å². The van der Waals surface area contributed by atoms with E-state index in [1.807, 2.05) is 31.2 Å². The van der Waals surface area contributed by atoms with E-state index >= 15 is 0 Å². The van der Waals surface area contributed by atoms with Crippen molar-refractivity contribution in [1.29, 1.82) is 0 Å². The van der Waals surface area contributed by atoms with E-state index in [0.717, 1.165) is 36.1 Å². The predicted molar refractivity (Wildman–Crippen MR) is 132 cm³/mol. The molecule has 36 heavy (non-hydrogen) atoms. The number of rotatable bonds is 6. The van der Waals surface area contributed by atoms with Crippen molar-refractivity contribution < 1.29 is 18.0 Å². The number of benzene rings is 2. The van der Waals surface area contributed by atoms with Gasteiger partial charge in [-0.25, -0.2) is 14.5 Å². The van der Waals surface area contributed by atoms with E-state index in [4.69, 9.17) is 11.6 Å². The van der Waals surface area contributed by atoms with Crippen LogP contribution in [0.1, 0.15) is 71.9 Å². The fourth-order valence-corrected chi connectivity index (χ4v) is 5.12. The average molecular weight is 520 g/mol. The molecule has 1 fully saturated rings. The van der Waals surface area contributed by atoms with E-state index in [2.05, 4.69) is 15.4 Å². The van der Waals surface area contributed by atoms with Crippen molar-refractivity contribution >= 4 is 17.6 Å². The Kier molecular flexibility index (Phi) is 7.59. The van der Waals surface area contributed by atoms with Crippen molar-refractivity contribution in [3.63, 3.8) is 0 Å². The second-order valence-electron chi connectivity index (χ2n) is 9.19. The number of hydrogen-bond acceptors (Lipinski definition) is 3. The highest BCUT2D eigenvalue weighted by molar-refractivity contribution is 6.30. The molecule has 6 nitrogen and oxygen atoms in total. The molecule has 0 radical (unpaired) electrons. The van der Waals surface area contributed by atoms with Gasteiger partial charge in [-0.3, -0.25) is 0 Å². The molecule has 3 aromatic rings. The molecule has 1 saturated heterocycles. The maximum absolute atomic E-state index is 13.4. The normalized spacial score (nSPS) is 16.9. The lowest BCUT2D eigenvalue weighted by molar-refractivity contribution is -0.137. The quantitative estimate of drug-likeness (QED) is 0.398. The molecular weight excluding hydrogens is 491 g/mol. The molecule has 0 bridgehead atoms. The van der Waals surface area contributed by atoms with Gasteiger partial charge in [0.15, 0.2) is 0 Å². The molecule has 4 rings (SSSR count). The van der Waals surface area contributed by atoms with Crippen LogP contribution in [0.15, 0.2) is 42.7 Å². The Morgan fingerprint density at radius 2 is 1.86 bits per heavy atom. The highest BCUT2D eigenvalue weighted by Gasteiger charge is 2.35. The summed E-state index contributed by atoms with van der Waals surface area (Å²) in [7, 11) is 0. The van der Waals surface area contributed by atoms with Gasteiger partial charge in [0.05, 0.1) is 24.2 Å². The molecule has 2 amide bonds. The molecule has 2 heterocycles. The fourth-order valence-electron chi connectivity index (χ4n) is 4.99. The van der Waals surface area contributed by atoms with Crippen molar-refractivity contribution in [1.82, 2.24) is 25.0 Å². The first-order chi connectivity index (χ1) is 17.1. The van der Waals surface area contributed by atoms with Crippen molar-refractivity contribution in [2.24, 2.45) is 0 Å². The Hall–Kier alpha value is -3.07. The smallest absolute Gasteiger partial charge is 0.331 e. The number of carbonyl (C=O) groups excluding carboxylic acids is 1. The Labute approximate surface area is 213 Å². The van der Waals surface area contributed by atoms with Gasteiger partial charge in [-0.2, -0.15) is 18.3 Å². The van der Waals surface area contributed by atoms with Crippen LogP contribution in [-0.2, 0) is 12.7 Å². The van der Waals surface area contributed by atoms with Gasteiger partial charge in [0.25, 0.3) is 0 Å². The Morgan fingerprint density at radius 3 is 2.47 bits per heavy atom. The summed E-state index contributed by atoms with van der Waals surface area (Å²) in [6.07, 6.45) is -0.805. The minimum atomic E-state index is -4.41. The summed E-state index contributed by atoms with van der Waals surface area (Å²) in [6, 6.07) is 8.87. The number of nitrogens with one attached hydrogen (secondary N) is 1. The molecule has 2 aromatic carbocycles. The van der Waals surface area contributed by atoms with Gasteiger partial charge in [0.1, 0.15) is 12.2 Å². The van der Waals surface area contributed by atoms with Gasteiger partial charge in [-0.05, 0) is 79.6 Å². The molecule has 2 atom stereocenters. The SMILES string of the molecule is CC[C@H](NC(=O)N1CCC[C@@H]1c1ncnn1Cc1ccc(Cl)cc1)c1c(C)cc(C(F)(F)F)cc1C. The van der Waals surface area contributed by atoms with Gasteiger partial charge < -0.3 is 10.2 Å². The first-order valence-electron chi connectivity index (χ1n) is 12.0. The Morgan fingerprint density at radius 1 is 1.19 bits per heavy atom. The van der Waals surface area contributed by atoms with Gasteiger partial charge in [0.2, 0.25) is 0 Å². The zero-order valence-electron chi connectivity index (χ0n) is 20.4. The first kappa shape index (κ1) is 26.0. The summed E-state index contributed by atoms with van der Waals surface area (Å²) in [6.45, 7) is 6.28. The number of halogens is 4. The number of amides is 2. The molecule has 0 spiro atoms. The number of alkyl halides is 3. The van der Waals surface area contributed by atoms with E-state index in [1.165, 1.54) is 6.33 Å². The fraction of sp³-hybridized carbons (Fsp3) is 0.423. The average Bonchev–Trinajstić information content (AvgIpc) is 3.48. The van der Waals surface area contributed by atoms with Crippen LogP contribution < -0.4 is 5.32 Å². The topological polar surface area (TPSA) is 63.1 Å². The molecule has 1 N–H and O–H groups in total. The van der Waals surface area contributed by atoms with Gasteiger partial charge in [0, 0.05) is 11.6 Å². The number of urea groups is 1. The van der Waals surface area contributed by atoms with Crippen molar-refractivity contribution in [2.45, 2.75) is 64.8 Å². The Bertz CT molecular complexity index is 1200. The van der Waals surface area contributed by atoms with E-state index in [9.17, 15) is 18.0 Å². The lowest BCUT2D eigenvalue weighted by atomic mass is 9.92. The maximum atomic E-state index is 13.4. The number of carbonyl (C=O) groups is 1. The summed E-state index contributed by atoms with van der Waals surface area (Å²) < 4.78 is 41.5. The summed E-state index contributed by atoms with van der Waals surface area (Å²) in [5, 5.41) is 8.09. The van der Waals surface area contributed by atoms with E-state index in [0.29, 0.717) is 41.5 Å². The lowest BCUT2D eigenvalue weighted by Crippen LogP contribution is -2.42. The number of nitrogens with zero attached hydrogens (tertiary/aromatic N) is 4. The van der Waals surface area contributed by atoms with Crippen LogP contribution in [0, 0.1) is 13.8 Å². The zero-order valence-corrected chi connectivity index (χ0v) is 21.2. The second-order valence-corrected chi connectivity index (χ2v) is 9.62. The highest BCUT2D eigenvalue weighted by Crippen LogP contribution is 2.35. The molecule has 0 saturated carbocycles. The van der Waals surface area contributed by atoms with Gasteiger partial charge in [-0.15, -0.1) is 0 Å². The van der Waals surface area contributed by atoms with Gasteiger partial charge >= 0.3 is 12.2 Å². The van der Waals surface area contributed by atoms with Crippen molar-refractivity contribution in [3.05, 3.63) is 81.4 Å². The van der Waals surface area contributed by atoms with E-state index < -0.39 is 17.8 Å². The number of likely N-dealkylation sites (tertiary alicyclic amines) is 1. The molecule has 1 aliphatic rings. The predicted octanol–water partition coefficient (Wildman–Crippen LogP) is 6.61. The van der Waals surface area contributed by atoms with E-state index in [-0.39, 0.29) is 12.1 Å². The lowest BCUT2D eigenvalue weighted by Gasteiger charge is -2.29. The molecule has 0 unspecified atom stereocenters. The van der Waals surface area contributed by atoms with Crippen LogP contribution >= 0.6 is 11.6 Å². The standard InChI is InChI=1S/C26H29ClF3N5O/c1-4-21(23-16(2)12-19(13-17(23)3)26(28,29)30)33-25(36)34-11-5-6-22(34)24-31-15-32-35(24)14-18-7-9-20(27)10-8-18/h7-10,12-13,15,21-22H,4-6,11,14H2,1-3H3,(H,33,36)/t21-,22+/m0/s1. The highest BCUT2D eigenvalue weighted by atomic mass is 35.5. The van der Waals surface area contributed by atoms with Crippen LogP contribution in [0.25, 0.3) is 0 Å². The van der Waals surface area contributed by atoms with Crippen molar-refractivity contribution in [3.8, 4) is 0 Å². The van der Waals surface area contributed by atoms with Gasteiger partial charge in [-0.1, -0.05) is 30.7 Å². The molecule has 0 aliphatic carbocycles. The van der Waals surface area contributed by atoms with Crippen LogP contribution in [0.2, 0.25) is 5.02 Å². The summed E-state index contributed by atoms with van der Waals surface area (Å²) in [5.74, 6) is 0.701. The van der Waals surface area contributed by atoms with Crippen LogP contribution in [0.5, 0.6) is 0 Å². The third kappa shape index (κ3) is 5.51. The molecule has 192 valence electrons. The van der Waals surface area contributed by atoms with Crippen LogP contribution in [0.3, 0.4) is 0 Å². The number of hydrogen-bond donors (Lipinski definition) is 1.